The van der Waals surface area contributed by atoms with Gasteiger partial charge in [0.05, 0.1) is 12.7 Å². The zero-order valence-corrected chi connectivity index (χ0v) is 11.0. The fraction of sp³-hybridized carbons (Fsp3) is 0.231. The molecule has 0 aliphatic heterocycles. The Hall–Kier alpha value is -1.88. The van der Waals surface area contributed by atoms with Crippen LogP contribution in [0.2, 0.25) is 0 Å². The van der Waals surface area contributed by atoms with Gasteiger partial charge in [0.25, 0.3) is 0 Å². The third-order valence-corrected chi connectivity index (χ3v) is 2.63. The van der Waals surface area contributed by atoms with Gasteiger partial charge in [-0.1, -0.05) is 25.1 Å². The standard InChI is InChI=1S/C13H15N3OS/c1-2-11-8-14-12(17-11)9-15-13(18)16-10-6-4-3-5-7-10/h3-8H,2,9H2,1H3,(H2,15,16,18). The summed E-state index contributed by atoms with van der Waals surface area (Å²) in [6, 6.07) is 9.77. The summed E-state index contributed by atoms with van der Waals surface area (Å²) in [6.07, 6.45) is 2.59. The Bertz CT molecular complexity index is 510. The van der Waals surface area contributed by atoms with Gasteiger partial charge in [-0.15, -0.1) is 0 Å². The van der Waals surface area contributed by atoms with E-state index in [1.807, 2.05) is 37.3 Å². The number of oxazole rings is 1. The lowest BCUT2D eigenvalue weighted by molar-refractivity contribution is 0.454. The minimum atomic E-state index is 0.485. The molecule has 0 saturated carbocycles. The number of anilines is 1. The van der Waals surface area contributed by atoms with Crippen molar-refractivity contribution in [3.05, 3.63) is 48.2 Å². The first-order valence-corrected chi connectivity index (χ1v) is 6.22. The number of benzene rings is 1. The molecule has 0 aliphatic rings. The van der Waals surface area contributed by atoms with Crippen LogP contribution in [0.5, 0.6) is 0 Å². The van der Waals surface area contributed by atoms with Crippen LogP contribution in [0.25, 0.3) is 0 Å². The maximum absolute atomic E-state index is 5.47. The Morgan fingerprint density at radius 2 is 2.11 bits per heavy atom. The molecule has 1 aromatic heterocycles. The van der Waals surface area contributed by atoms with E-state index in [1.165, 1.54) is 0 Å². The number of aromatic nitrogens is 1. The molecule has 0 fully saturated rings. The smallest absolute Gasteiger partial charge is 0.213 e. The first-order valence-electron chi connectivity index (χ1n) is 5.81. The molecule has 0 spiro atoms. The predicted molar refractivity (Wildman–Crippen MR) is 75.4 cm³/mol. The van der Waals surface area contributed by atoms with E-state index in [9.17, 15) is 0 Å². The van der Waals surface area contributed by atoms with Crippen LogP contribution in [-0.2, 0) is 13.0 Å². The second-order valence-electron chi connectivity index (χ2n) is 3.75. The van der Waals surface area contributed by atoms with E-state index in [2.05, 4.69) is 15.6 Å². The van der Waals surface area contributed by atoms with Crippen molar-refractivity contribution in [1.82, 2.24) is 10.3 Å². The Labute approximate surface area is 111 Å². The molecule has 5 heteroatoms. The molecule has 0 aliphatic carbocycles. The third kappa shape index (κ3) is 3.56. The van der Waals surface area contributed by atoms with Gasteiger partial charge in [-0.2, -0.15) is 0 Å². The maximum atomic E-state index is 5.47. The van der Waals surface area contributed by atoms with Crippen molar-refractivity contribution in [2.75, 3.05) is 5.32 Å². The van der Waals surface area contributed by atoms with Crippen LogP contribution in [0.3, 0.4) is 0 Å². The van der Waals surface area contributed by atoms with Crippen LogP contribution in [0, 0.1) is 0 Å². The van der Waals surface area contributed by atoms with E-state index in [0.717, 1.165) is 17.9 Å². The first kappa shape index (κ1) is 12.6. The van der Waals surface area contributed by atoms with Gasteiger partial charge >= 0.3 is 0 Å². The van der Waals surface area contributed by atoms with E-state index in [1.54, 1.807) is 6.20 Å². The van der Waals surface area contributed by atoms with E-state index >= 15 is 0 Å². The summed E-state index contributed by atoms with van der Waals surface area (Å²) in [5.74, 6) is 1.53. The normalized spacial score (nSPS) is 10.1. The number of rotatable bonds is 4. The Morgan fingerprint density at radius 1 is 1.33 bits per heavy atom. The number of hydrogen-bond acceptors (Lipinski definition) is 3. The summed E-state index contributed by atoms with van der Waals surface area (Å²) in [4.78, 5) is 4.15. The lowest BCUT2D eigenvalue weighted by atomic mass is 10.3. The summed E-state index contributed by atoms with van der Waals surface area (Å²) in [5.41, 5.74) is 0.955. The average Bonchev–Trinajstić information content (AvgIpc) is 2.85. The molecule has 0 radical (unpaired) electrons. The molecule has 18 heavy (non-hydrogen) atoms. The second-order valence-corrected chi connectivity index (χ2v) is 4.16. The molecule has 0 atom stereocenters. The van der Waals surface area contributed by atoms with E-state index in [4.69, 9.17) is 16.6 Å². The monoisotopic (exact) mass is 261 g/mol. The number of nitrogens with zero attached hydrogens (tertiary/aromatic N) is 1. The fourth-order valence-electron chi connectivity index (χ4n) is 1.45. The molecule has 1 heterocycles. The second kappa shape index (κ2) is 6.16. The van der Waals surface area contributed by atoms with Gasteiger partial charge < -0.3 is 15.1 Å². The van der Waals surface area contributed by atoms with Crippen LogP contribution < -0.4 is 10.6 Å². The molecule has 2 aromatic rings. The Morgan fingerprint density at radius 3 is 2.78 bits per heavy atom. The number of para-hydroxylation sites is 1. The summed E-state index contributed by atoms with van der Waals surface area (Å²) >= 11 is 5.18. The topological polar surface area (TPSA) is 50.1 Å². The summed E-state index contributed by atoms with van der Waals surface area (Å²) in [6.45, 7) is 2.51. The van der Waals surface area contributed by atoms with Gasteiger partial charge in [-0.25, -0.2) is 4.98 Å². The minimum Gasteiger partial charge on any atom is -0.444 e. The molecule has 0 unspecified atom stereocenters. The van der Waals surface area contributed by atoms with Crippen LogP contribution in [-0.4, -0.2) is 10.1 Å². The molecule has 94 valence electrons. The zero-order valence-electron chi connectivity index (χ0n) is 10.1. The van der Waals surface area contributed by atoms with Crippen LogP contribution in [0.4, 0.5) is 5.69 Å². The maximum Gasteiger partial charge on any atom is 0.213 e. The number of hydrogen-bond donors (Lipinski definition) is 2. The van der Waals surface area contributed by atoms with Crippen molar-refractivity contribution < 1.29 is 4.42 Å². The molecule has 2 rings (SSSR count). The third-order valence-electron chi connectivity index (χ3n) is 2.38. The van der Waals surface area contributed by atoms with Gasteiger partial charge in [0.1, 0.15) is 5.76 Å². The Balaban J connectivity index is 1.81. The molecular formula is C13H15N3OS. The number of aryl methyl sites for hydroxylation is 1. The van der Waals surface area contributed by atoms with Crippen LogP contribution in [0.1, 0.15) is 18.6 Å². The van der Waals surface area contributed by atoms with Gasteiger partial charge in [0.15, 0.2) is 5.11 Å². The van der Waals surface area contributed by atoms with Crippen molar-refractivity contribution in [3.8, 4) is 0 Å². The first-order chi connectivity index (χ1) is 8.78. The van der Waals surface area contributed by atoms with Gasteiger partial charge in [-0.05, 0) is 24.4 Å². The average molecular weight is 261 g/mol. The largest absolute Gasteiger partial charge is 0.444 e. The molecule has 0 saturated heterocycles. The van der Waals surface area contributed by atoms with E-state index in [0.29, 0.717) is 17.5 Å². The highest BCUT2D eigenvalue weighted by atomic mass is 32.1. The zero-order chi connectivity index (χ0) is 12.8. The van der Waals surface area contributed by atoms with Gasteiger partial charge in [0.2, 0.25) is 5.89 Å². The molecule has 1 aromatic carbocycles. The molecule has 2 N–H and O–H groups in total. The molecule has 0 amide bonds. The van der Waals surface area contributed by atoms with E-state index in [-0.39, 0.29) is 0 Å². The van der Waals surface area contributed by atoms with Gasteiger partial charge in [-0.3, -0.25) is 0 Å². The number of nitrogens with one attached hydrogen (secondary N) is 2. The van der Waals surface area contributed by atoms with Gasteiger partial charge in [0, 0.05) is 12.1 Å². The van der Waals surface area contributed by atoms with E-state index < -0.39 is 0 Å². The predicted octanol–water partition coefficient (Wildman–Crippen LogP) is 2.72. The summed E-state index contributed by atoms with van der Waals surface area (Å²) in [7, 11) is 0. The fourth-order valence-corrected chi connectivity index (χ4v) is 1.64. The minimum absolute atomic E-state index is 0.485. The Kier molecular flexibility index (Phi) is 4.30. The number of thiocarbonyl (C=S) groups is 1. The molecular weight excluding hydrogens is 246 g/mol. The van der Waals surface area contributed by atoms with Crippen LogP contribution in [0.15, 0.2) is 40.9 Å². The van der Waals surface area contributed by atoms with Crippen LogP contribution >= 0.6 is 12.2 Å². The molecule has 0 bridgehead atoms. The van der Waals surface area contributed by atoms with Crippen molar-refractivity contribution >= 4 is 23.0 Å². The molecule has 4 nitrogen and oxygen atoms in total. The highest BCUT2D eigenvalue weighted by Gasteiger charge is 2.03. The SMILES string of the molecule is CCc1cnc(CNC(=S)Nc2ccccc2)o1. The summed E-state index contributed by atoms with van der Waals surface area (Å²) < 4.78 is 5.47. The lowest BCUT2D eigenvalue weighted by Gasteiger charge is -2.08. The van der Waals surface area contributed by atoms with Crippen molar-refractivity contribution in [3.63, 3.8) is 0 Å². The lowest BCUT2D eigenvalue weighted by Crippen LogP contribution is -2.27. The summed E-state index contributed by atoms with van der Waals surface area (Å²) in [5, 5.41) is 6.69. The quantitative estimate of drug-likeness (QED) is 0.829. The van der Waals surface area contributed by atoms with Crippen molar-refractivity contribution in [1.29, 1.82) is 0 Å². The van der Waals surface area contributed by atoms with Crippen molar-refractivity contribution in [2.24, 2.45) is 0 Å². The van der Waals surface area contributed by atoms with Crippen molar-refractivity contribution in [2.45, 2.75) is 19.9 Å². The highest BCUT2D eigenvalue weighted by Crippen LogP contribution is 2.06. The highest BCUT2D eigenvalue weighted by molar-refractivity contribution is 7.80.